The van der Waals surface area contributed by atoms with E-state index in [0.29, 0.717) is 25.8 Å². The molecule has 0 aromatic heterocycles. The fourth-order valence-corrected chi connectivity index (χ4v) is 1.63. The van der Waals surface area contributed by atoms with Crippen LogP contribution in [0.5, 0.6) is 0 Å². The minimum atomic E-state index is -1.17. The average molecular weight is 258 g/mol. The molecule has 0 aliphatic rings. The summed E-state index contributed by atoms with van der Waals surface area (Å²) < 4.78 is 0. The normalized spacial score (nSPS) is 14.9. The van der Waals surface area contributed by atoms with E-state index in [9.17, 15) is 9.59 Å². The average Bonchev–Trinajstić information content (AvgIpc) is 2.26. The van der Waals surface area contributed by atoms with Gasteiger partial charge in [0.1, 0.15) is 5.54 Å². The highest BCUT2D eigenvalue weighted by molar-refractivity contribution is 5.86. The second-order valence-corrected chi connectivity index (χ2v) is 5.74. The second kappa shape index (κ2) is 6.73. The highest BCUT2D eigenvalue weighted by atomic mass is 16.4. The number of carboxylic acids is 1. The number of hydrogen-bond donors (Lipinski definition) is 3. The van der Waals surface area contributed by atoms with Gasteiger partial charge in [-0.2, -0.15) is 0 Å². The quantitative estimate of drug-likeness (QED) is 0.615. The number of nitrogens with two attached hydrogens (primary N) is 1. The summed E-state index contributed by atoms with van der Waals surface area (Å²) in [5, 5.41) is 11.6. The maximum atomic E-state index is 11.8. The summed E-state index contributed by atoms with van der Waals surface area (Å²) in [4.78, 5) is 22.8. The van der Waals surface area contributed by atoms with E-state index in [1.807, 2.05) is 0 Å². The summed E-state index contributed by atoms with van der Waals surface area (Å²) in [6, 6.07) is 0. The first-order chi connectivity index (χ1) is 8.17. The van der Waals surface area contributed by atoms with Crippen LogP contribution in [0.4, 0.5) is 0 Å². The molecule has 5 nitrogen and oxygen atoms in total. The van der Waals surface area contributed by atoms with Crippen LogP contribution in [0.15, 0.2) is 0 Å². The summed E-state index contributed by atoms with van der Waals surface area (Å²) in [5.74, 6) is -1.22. The molecule has 18 heavy (non-hydrogen) atoms. The third kappa shape index (κ3) is 5.49. The second-order valence-electron chi connectivity index (χ2n) is 5.74. The van der Waals surface area contributed by atoms with Crippen molar-refractivity contribution in [3.05, 3.63) is 0 Å². The van der Waals surface area contributed by atoms with E-state index >= 15 is 0 Å². The molecule has 0 spiro atoms. The van der Waals surface area contributed by atoms with Gasteiger partial charge in [0.25, 0.3) is 0 Å². The molecule has 0 radical (unpaired) electrons. The van der Waals surface area contributed by atoms with Crippen molar-refractivity contribution in [2.24, 2.45) is 11.1 Å². The molecule has 0 aliphatic carbocycles. The third-order valence-electron chi connectivity index (χ3n) is 3.44. The van der Waals surface area contributed by atoms with Crippen molar-refractivity contribution in [1.29, 1.82) is 0 Å². The van der Waals surface area contributed by atoms with Crippen LogP contribution >= 0.6 is 0 Å². The Hall–Kier alpha value is -1.10. The lowest BCUT2D eigenvalue weighted by Gasteiger charge is -2.27. The summed E-state index contributed by atoms with van der Waals surface area (Å²) in [5.41, 5.74) is 4.35. The Balaban J connectivity index is 4.32. The zero-order valence-electron chi connectivity index (χ0n) is 11.9. The smallest absolute Gasteiger partial charge is 0.329 e. The number of hydrogen-bond acceptors (Lipinski definition) is 3. The first-order valence-electron chi connectivity index (χ1n) is 6.41. The lowest BCUT2D eigenvalue weighted by Crippen LogP contribution is -2.51. The van der Waals surface area contributed by atoms with E-state index in [1.165, 1.54) is 6.92 Å². The molecule has 106 valence electrons. The third-order valence-corrected chi connectivity index (χ3v) is 3.44. The van der Waals surface area contributed by atoms with Crippen LogP contribution in [0.1, 0.15) is 53.4 Å². The largest absolute Gasteiger partial charge is 0.480 e. The molecule has 0 aliphatic heterocycles. The number of carbonyl (C=O) groups excluding carboxylic acids is 1. The molecule has 0 heterocycles. The topological polar surface area (TPSA) is 92.4 Å². The molecule has 1 unspecified atom stereocenters. The van der Waals surface area contributed by atoms with Gasteiger partial charge in [-0.1, -0.05) is 20.8 Å². The minimum Gasteiger partial charge on any atom is -0.480 e. The van der Waals surface area contributed by atoms with Crippen LogP contribution < -0.4 is 11.1 Å². The van der Waals surface area contributed by atoms with Gasteiger partial charge in [-0.25, -0.2) is 4.79 Å². The number of amides is 1. The summed E-state index contributed by atoms with van der Waals surface area (Å²) in [7, 11) is 0. The predicted molar refractivity (Wildman–Crippen MR) is 71.2 cm³/mol. The van der Waals surface area contributed by atoms with Gasteiger partial charge in [0, 0.05) is 6.42 Å². The molecule has 0 aromatic rings. The van der Waals surface area contributed by atoms with Crippen molar-refractivity contribution in [2.75, 3.05) is 6.54 Å². The van der Waals surface area contributed by atoms with Crippen LogP contribution in [-0.4, -0.2) is 29.1 Å². The molecule has 1 amide bonds. The van der Waals surface area contributed by atoms with E-state index in [4.69, 9.17) is 10.8 Å². The molecule has 0 saturated heterocycles. The number of aliphatic carboxylic acids is 1. The molecule has 0 fully saturated rings. The van der Waals surface area contributed by atoms with Crippen LogP contribution in [0.2, 0.25) is 0 Å². The maximum absolute atomic E-state index is 11.8. The van der Waals surface area contributed by atoms with Crippen molar-refractivity contribution in [3.8, 4) is 0 Å². The minimum absolute atomic E-state index is 0.0118. The Morgan fingerprint density at radius 1 is 1.22 bits per heavy atom. The van der Waals surface area contributed by atoms with E-state index in [2.05, 4.69) is 19.2 Å². The first kappa shape index (κ1) is 16.9. The van der Waals surface area contributed by atoms with Gasteiger partial charge >= 0.3 is 5.97 Å². The lowest BCUT2D eigenvalue weighted by atomic mass is 9.84. The van der Waals surface area contributed by atoms with Crippen molar-refractivity contribution < 1.29 is 14.7 Å². The van der Waals surface area contributed by atoms with Gasteiger partial charge in [-0.3, -0.25) is 4.79 Å². The molecule has 0 saturated carbocycles. The first-order valence-corrected chi connectivity index (χ1v) is 6.41. The number of nitrogens with one attached hydrogen (secondary N) is 1. The molecule has 5 heteroatoms. The van der Waals surface area contributed by atoms with Gasteiger partial charge in [-0.15, -0.1) is 0 Å². The van der Waals surface area contributed by atoms with Gasteiger partial charge in [0.2, 0.25) is 5.91 Å². The predicted octanol–water partition coefficient (Wildman–Crippen LogP) is 1.51. The Morgan fingerprint density at radius 3 is 2.17 bits per heavy atom. The molecular formula is C13H26N2O3. The Morgan fingerprint density at radius 2 is 1.78 bits per heavy atom. The Kier molecular flexibility index (Phi) is 6.32. The van der Waals surface area contributed by atoms with Crippen LogP contribution in [0, 0.1) is 5.41 Å². The Bertz CT molecular complexity index is 303. The van der Waals surface area contributed by atoms with Crippen molar-refractivity contribution in [3.63, 3.8) is 0 Å². The number of rotatable bonds is 8. The van der Waals surface area contributed by atoms with Crippen molar-refractivity contribution in [2.45, 2.75) is 58.9 Å². The zero-order valence-corrected chi connectivity index (χ0v) is 11.9. The standard InChI is InChI=1S/C13H26N2O3/c1-5-13(4,11(17)18)15-10(16)6-7-12(2,3)8-9-14/h5-9,14H2,1-4H3,(H,15,16)(H,17,18). The van der Waals surface area contributed by atoms with Crippen LogP contribution in [0.3, 0.4) is 0 Å². The van der Waals surface area contributed by atoms with E-state index in [0.717, 1.165) is 6.42 Å². The highest BCUT2D eigenvalue weighted by Crippen LogP contribution is 2.26. The maximum Gasteiger partial charge on any atom is 0.329 e. The number of carbonyl (C=O) groups is 2. The Labute approximate surface area is 109 Å². The SMILES string of the molecule is CCC(C)(NC(=O)CCC(C)(C)CCN)C(=O)O. The monoisotopic (exact) mass is 258 g/mol. The molecular weight excluding hydrogens is 232 g/mol. The van der Waals surface area contributed by atoms with Crippen LogP contribution in [-0.2, 0) is 9.59 Å². The van der Waals surface area contributed by atoms with E-state index < -0.39 is 11.5 Å². The van der Waals surface area contributed by atoms with E-state index in [-0.39, 0.29) is 11.3 Å². The summed E-state index contributed by atoms with van der Waals surface area (Å²) in [6.45, 7) is 7.98. The highest BCUT2D eigenvalue weighted by Gasteiger charge is 2.32. The summed E-state index contributed by atoms with van der Waals surface area (Å²) >= 11 is 0. The van der Waals surface area contributed by atoms with Crippen molar-refractivity contribution in [1.82, 2.24) is 5.32 Å². The molecule has 4 N–H and O–H groups in total. The zero-order chi connectivity index (χ0) is 14.4. The van der Waals surface area contributed by atoms with E-state index in [1.54, 1.807) is 6.92 Å². The lowest BCUT2D eigenvalue weighted by molar-refractivity contribution is -0.147. The van der Waals surface area contributed by atoms with Gasteiger partial charge < -0.3 is 16.2 Å². The summed E-state index contributed by atoms with van der Waals surface area (Å²) in [6.07, 6.45) is 2.25. The van der Waals surface area contributed by atoms with Crippen LogP contribution in [0.25, 0.3) is 0 Å². The van der Waals surface area contributed by atoms with Crippen molar-refractivity contribution >= 4 is 11.9 Å². The van der Waals surface area contributed by atoms with Gasteiger partial charge in [-0.05, 0) is 38.1 Å². The number of carboxylic acid groups (broad SMARTS) is 1. The molecule has 0 rings (SSSR count). The molecule has 0 bridgehead atoms. The fraction of sp³-hybridized carbons (Fsp3) is 0.846. The van der Waals surface area contributed by atoms with Gasteiger partial charge in [0.05, 0.1) is 0 Å². The van der Waals surface area contributed by atoms with Gasteiger partial charge in [0.15, 0.2) is 0 Å². The fourth-order valence-electron chi connectivity index (χ4n) is 1.63. The molecule has 1 atom stereocenters. The molecule has 0 aromatic carbocycles.